The van der Waals surface area contributed by atoms with E-state index in [-0.39, 0.29) is 17.7 Å². The van der Waals surface area contributed by atoms with Gasteiger partial charge in [-0.15, -0.1) is 11.3 Å². The van der Waals surface area contributed by atoms with Gasteiger partial charge in [-0.05, 0) is 81.5 Å². The highest BCUT2D eigenvalue weighted by Gasteiger charge is 2.51. The minimum Gasteiger partial charge on any atom is -0.375 e. The molecule has 0 bridgehead atoms. The lowest BCUT2D eigenvalue weighted by Gasteiger charge is -2.50. The van der Waals surface area contributed by atoms with Crippen molar-refractivity contribution in [3.63, 3.8) is 0 Å². The van der Waals surface area contributed by atoms with Gasteiger partial charge in [0, 0.05) is 48.5 Å². The van der Waals surface area contributed by atoms with E-state index in [9.17, 15) is 0 Å². The third kappa shape index (κ3) is 3.97. The molecule has 0 amide bonds. The zero-order valence-corrected chi connectivity index (χ0v) is 30.3. The molecule has 6 aromatic carbocycles. The highest BCUT2D eigenvalue weighted by molar-refractivity contribution is 7.32. The third-order valence-electron chi connectivity index (χ3n) is 11.4. The molecule has 1 aromatic heterocycles. The second kappa shape index (κ2) is 10.2. The number of nitrogens with zero attached hydrogens (tertiary/aromatic N) is 2. The van der Waals surface area contributed by atoms with Crippen LogP contribution in [0.1, 0.15) is 56.9 Å². The molecule has 10 rings (SSSR count). The quantitative estimate of drug-likeness (QED) is 0.170. The molecule has 0 N–H and O–H groups in total. The first-order valence-corrected chi connectivity index (χ1v) is 18.6. The Balaban J connectivity index is 1.36. The summed E-state index contributed by atoms with van der Waals surface area (Å²) in [6.07, 6.45) is 0. The summed E-state index contributed by atoms with van der Waals surface area (Å²) < 4.78 is 2.73. The van der Waals surface area contributed by atoms with Gasteiger partial charge in [-0.25, -0.2) is 0 Å². The molecule has 0 saturated heterocycles. The molecule has 3 aliphatic rings. The van der Waals surface area contributed by atoms with Crippen molar-refractivity contribution in [3.8, 4) is 22.3 Å². The average molecular weight is 663 g/mol. The van der Waals surface area contributed by atoms with Crippen LogP contribution in [0.3, 0.4) is 0 Å². The van der Waals surface area contributed by atoms with E-state index in [1.807, 2.05) is 11.3 Å². The van der Waals surface area contributed by atoms with Crippen molar-refractivity contribution in [3.05, 3.63) is 150 Å². The molecule has 0 saturated carbocycles. The van der Waals surface area contributed by atoms with E-state index in [4.69, 9.17) is 0 Å². The topological polar surface area (TPSA) is 6.48 Å². The predicted molar refractivity (Wildman–Crippen MR) is 217 cm³/mol. The van der Waals surface area contributed by atoms with Crippen LogP contribution in [-0.2, 0) is 10.8 Å². The van der Waals surface area contributed by atoms with Crippen LogP contribution in [0.25, 0.3) is 32.3 Å². The number of rotatable bonds is 2. The van der Waals surface area contributed by atoms with E-state index in [0.717, 1.165) is 0 Å². The Hall–Kier alpha value is -5.06. The maximum absolute atomic E-state index is 2.71. The first kappa shape index (κ1) is 29.8. The standard InChI is InChI=1S/C46H39BN2S/c1-28-25-34-31-18-14-20-36-42(31)49(38-21-12-11-19-35(38)46(36,5)6)47-41(34)39(26-28)48(43-32-17-10-13-22-40(32)50-44(43)47)37-24-23-30(45(2,3)4)27-33(37)29-15-8-7-9-16-29/h7-27H,1-6H3. The Kier molecular flexibility index (Phi) is 6.11. The van der Waals surface area contributed by atoms with Gasteiger partial charge >= 0.3 is 6.85 Å². The smallest absolute Gasteiger partial charge is 0.343 e. The van der Waals surface area contributed by atoms with Gasteiger partial charge in [-0.1, -0.05) is 132 Å². The van der Waals surface area contributed by atoms with Crippen LogP contribution in [-0.4, -0.2) is 6.85 Å². The lowest BCUT2D eigenvalue weighted by atomic mass is 9.45. The SMILES string of the molecule is Cc1cc2c3c(c1)N(c1ccc(C(C)(C)C)cc1-c1ccccc1)c1c(sc4ccccc14)B3N1c3ccccc3C(C)(C)c3cccc-2c31. The van der Waals surface area contributed by atoms with Gasteiger partial charge in [-0.2, -0.15) is 0 Å². The molecular formula is C46H39BN2S. The van der Waals surface area contributed by atoms with Gasteiger partial charge < -0.3 is 9.71 Å². The monoisotopic (exact) mass is 662 g/mol. The number of anilines is 5. The van der Waals surface area contributed by atoms with Gasteiger partial charge in [-0.3, -0.25) is 0 Å². The van der Waals surface area contributed by atoms with Crippen molar-refractivity contribution < 1.29 is 0 Å². The van der Waals surface area contributed by atoms with E-state index in [1.54, 1.807) is 0 Å². The summed E-state index contributed by atoms with van der Waals surface area (Å²) in [7, 11) is 0. The molecular weight excluding hydrogens is 623 g/mol. The maximum Gasteiger partial charge on any atom is 0.343 e. The summed E-state index contributed by atoms with van der Waals surface area (Å²) in [5.41, 5.74) is 18.4. The number of para-hydroxylation sites is 2. The molecule has 0 aliphatic carbocycles. The molecule has 2 nitrogen and oxygen atoms in total. The Morgan fingerprint density at radius 3 is 2.18 bits per heavy atom. The summed E-state index contributed by atoms with van der Waals surface area (Å²) in [5, 5.41) is 1.31. The molecule has 0 unspecified atom stereocenters. The summed E-state index contributed by atoms with van der Waals surface area (Å²) in [5.74, 6) is 0. The van der Waals surface area contributed by atoms with E-state index >= 15 is 0 Å². The number of thiophene rings is 1. The van der Waals surface area contributed by atoms with Crippen molar-refractivity contribution in [2.24, 2.45) is 0 Å². The third-order valence-corrected chi connectivity index (χ3v) is 12.6. The van der Waals surface area contributed by atoms with Crippen molar-refractivity contribution in [1.82, 2.24) is 0 Å². The molecule has 0 atom stereocenters. The fourth-order valence-electron chi connectivity index (χ4n) is 9.01. The highest BCUT2D eigenvalue weighted by Crippen LogP contribution is 2.57. The van der Waals surface area contributed by atoms with Crippen LogP contribution in [0.15, 0.2) is 127 Å². The Morgan fingerprint density at radius 1 is 0.620 bits per heavy atom. The minimum absolute atomic E-state index is 0.0225. The number of fused-ring (bicyclic) bond motifs is 8. The van der Waals surface area contributed by atoms with Gasteiger partial charge in [0.2, 0.25) is 0 Å². The second-order valence-electron chi connectivity index (χ2n) is 15.9. The lowest BCUT2D eigenvalue weighted by Crippen LogP contribution is -2.62. The summed E-state index contributed by atoms with van der Waals surface area (Å²) in [6.45, 7) is 14.1. The second-order valence-corrected chi connectivity index (χ2v) is 16.9. The van der Waals surface area contributed by atoms with Crippen molar-refractivity contribution >= 4 is 66.9 Å². The zero-order chi connectivity index (χ0) is 34.1. The number of aryl methyl sites for hydroxylation is 1. The summed E-state index contributed by atoms with van der Waals surface area (Å²) >= 11 is 1.97. The summed E-state index contributed by atoms with van der Waals surface area (Å²) in [6, 6.07) is 48.2. The normalized spacial score (nSPS) is 15.0. The number of benzene rings is 6. The lowest BCUT2D eigenvalue weighted by molar-refractivity contribution is 0.590. The molecule has 7 aromatic rings. The highest BCUT2D eigenvalue weighted by atomic mass is 32.1. The van der Waals surface area contributed by atoms with E-state index < -0.39 is 0 Å². The van der Waals surface area contributed by atoms with Crippen molar-refractivity contribution in [2.75, 3.05) is 9.71 Å². The molecule has 4 heteroatoms. The fourth-order valence-corrected chi connectivity index (χ4v) is 10.3. The van der Waals surface area contributed by atoms with Crippen LogP contribution in [0, 0.1) is 6.92 Å². The average Bonchev–Trinajstić information content (AvgIpc) is 3.50. The molecule has 0 radical (unpaired) electrons. The first-order valence-electron chi connectivity index (χ1n) is 17.8. The molecule has 0 spiro atoms. The fraction of sp³-hybridized carbons (Fsp3) is 0.174. The Morgan fingerprint density at radius 2 is 1.36 bits per heavy atom. The van der Waals surface area contributed by atoms with Gasteiger partial charge in [0.1, 0.15) is 0 Å². The molecule has 4 heterocycles. The maximum atomic E-state index is 2.71. The van der Waals surface area contributed by atoms with Crippen LogP contribution in [0.4, 0.5) is 28.4 Å². The number of hydrogen-bond donors (Lipinski definition) is 0. The Labute approximate surface area is 299 Å². The van der Waals surface area contributed by atoms with Crippen molar-refractivity contribution in [2.45, 2.75) is 52.4 Å². The van der Waals surface area contributed by atoms with E-state index in [2.05, 4.69) is 179 Å². The largest absolute Gasteiger partial charge is 0.375 e. The van der Waals surface area contributed by atoms with E-state index in [1.165, 1.54) is 93.3 Å². The summed E-state index contributed by atoms with van der Waals surface area (Å²) in [4.78, 5) is 5.33. The molecule has 242 valence electrons. The van der Waals surface area contributed by atoms with E-state index in [0.29, 0.717) is 0 Å². The number of hydrogen-bond acceptors (Lipinski definition) is 3. The van der Waals surface area contributed by atoms with Gasteiger partial charge in [0.25, 0.3) is 0 Å². The van der Waals surface area contributed by atoms with Crippen LogP contribution < -0.4 is 20.0 Å². The molecule has 50 heavy (non-hydrogen) atoms. The van der Waals surface area contributed by atoms with Crippen LogP contribution in [0.2, 0.25) is 0 Å². The Bertz CT molecular complexity index is 2540. The minimum atomic E-state index is -0.119. The molecule has 3 aliphatic heterocycles. The predicted octanol–water partition coefficient (Wildman–Crippen LogP) is 11.5. The zero-order valence-electron chi connectivity index (χ0n) is 29.5. The van der Waals surface area contributed by atoms with Crippen LogP contribution >= 0.6 is 11.3 Å². The van der Waals surface area contributed by atoms with Crippen LogP contribution in [0.5, 0.6) is 0 Å². The van der Waals surface area contributed by atoms with Crippen molar-refractivity contribution in [1.29, 1.82) is 0 Å². The first-order chi connectivity index (χ1) is 24.1. The molecule has 0 fully saturated rings. The van der Waals surface area contributed by atoms with Gasteiger partial charge in [0.05, 0.1) is 11.4 Å². The van der Waals surface area contributed by atoms with Gasteiger partial charge in [0.15, 0.2) is 0 Å².